The lowest BCUT2D eigenvalue weighted by Crippen LogP contribution is -2.07. The Morgan fingerprint density at radius 3 is 2.93 bits per heavy atom. The Kier molecular flexibility index (Phi) is 2.64. The third-order valence-electron chi connectivity index (χ3n) is 2.10. The van der Waals surface area contributed by atoms with Gasteiger partial charge in [0.15, 0.2) is 0 Å². The van der Waals surface area contributed by atoms with Crippen molar-refractivity contribution in [1.82, 2.24) is 14.5 Å². The first-order chi connectivity index (χ1) is 7.31. The van der Waals surface area contributed by atoms with Gasteiger partial charge in [0, 0.05) is 25.5 Å². The quantitative estimate of drug-likeness (QED) is 0.760. The summed E-state index contributed by atoms with van der Waals surface area (Å²) < 4.78 is 1.92. The summed E-state index contributed by atoms with van der Waals surface area (Å²) in [5.41, 5.74) is 13.4. The van der Waals surface area contributed by atoms with Crippen LogP contribution in [0.1, 0.15) is 0 Å². The van der Waals surface area contributed by atoms with Gasteiger partial charge in [-0.3, -0.25) is 4.98 Å². The van der Waals surface area contributed by atoms with Crippen LogP contribution in [0.15, 0.2) is 30.9 Å². The van der Waals surface area contributed by atoms with Gasteiger partial charge < -0.3 is 16.0 Å². The van der Waals surface area contributed by atoms with Crippen molar-refractivity contribution in [3.63, 3.8) is 0 Å². The van der Waals surface area contributed by atoms with Crippen LogP contribution in [-0.4, -0.2) is 21.1 Å². The van der Waals surface area contributed by atoms with E-state index in [4.69, 9.17) is 11.5 Å². The lowest BCUT2D eigenvalue weighted by Gasteiger charge is -1.99. The molecule has 0 aliphatic rings. The summed E-state index contributed by atoms with van der Waals surface area (Å²) in [6, 6.07) is 3.61. The number of nitrogen functional groups attached to an aromatic ring is 1. The zero-order valence-electron chi connectivity index (χ0n) is 8.30. The Hall–Kier alpha value is -1.88. The predicted molar refractivity (Wildman–Crippen MR) is 58.9 cm³/mol. The summed E-state index contributed by atoms with van der Waals surface area (Å²) in [6.45, 7) is 1.34. The van der Waals surface area contributed by atoms with Crippen molar-refractivity contribution in [2.24, 2.45) is 5.73 Å². The van der Waals surface area contributed by atoms with Gasteiger partial charge in [-0.2, -0.15) is 0 Å². The summed E-state index contributed by atoms with van der Waals surface area (Å²) >= 11 is 0. The van der Waals surface area contributed by atoms with E-state index < -0.39 is 0 Å². The molecule has 0 fully saturated rings. The zero-order valence-corrected chi connectivity index (χ0v) is 8.30. The summed E-state index contributed by atoms with van der Waals surface area (Å²) in [5, 5.41) is 0. The molecule has 0 unspecified atom stereocenters. The van der Waals surface area contributed by atoms with Crippen molar-refractivity contribution in [1.29, 1.82) is 0 Å². The van der Waals surface area contributed by atoms with Crippen LogP contribution in [0.3, 0.4) is 0 Å². The fourth-order valence-corrected chi connectivity index (χ4v) is 1.39. The predicted octanol–water partition coefficient (Wildman–Crippen LogP) is 0.486. The van der Waals surface area contributed by atoms with Crippen molar-refractivity contribution in [3.05, 3.63) is 30.9 Å². The molecule has 2 aromatic heterocycles. The summed E-state index contributed by atoms with van der Waals surface area (Å²) in [5.74, 6) is 0. The zero-order chi connectivity index (χ0) is 10.7. The van der Waals surface area contributed by atoms with Gasteiger partial charge in [-0.05, 0) is 12.1 Å². The van der Waals surface area contributed by atoms with Crippen molar-refractivity contribution in [2.75, 3.05) is 12.3 Å². The maximum Gasteiger partial charge on any atom is 0.113 e. The number of imidazole rings is 1. The van der Waals surface area contributed by atoms with E-state index in [1.54, 1.807) is 18.6 Å². The molecule has 4 N–H and O–H groups in total. The molecule has 0 aliphatic heterocycles. The monoisotopic (exact) mass is 203 g/mol. The Labute approximate surface area is 87.8 Å². The second-order valence-corrected chi connectivity index (χ2v) is 3.23. The molecule has 0 aliphatic carbocycles. The molecule has 78 valence electrons. The Bertz CT molecular complexity index is 449. The van der Waals surface area contributed by atoms with E-state index in [1.165, 1.54) is 0 Å². The van der Waals surface area contributed by atoms with Gasteiger partial charge in [-0.25, -0.2) is 4.98 Å². The number of rotatable bonds is 3. The molecule has 0 atom stereocenters. The van der Waals surface area contributed by atoms with E-state index in [2.05, 4.69) is 9.97 Å². The van der Waals surface area contributed by atoms with Gasteiger partial charge in [0.25, 0.3) is 0 Å². The standard InChI is InChI=1S/C10H13N5/c11-3-5-15-6-9(14-7-15)10-8(12)2-1-4-13-10/h1-2,4,6-7H,3,5,11-12H2. The number of nitrogens with two attached hydrogens (primary N) is 2. The van der Waals surface area contributed by atoms with Crippen molar-refractivity contribution in [2.45, 2.75) is 6.54 Å². The van der Waals surface area contributed by atoms with Gasteiger partial charge in [-0.15, -0.1) is 0 Å². The molecule has 5 nitrogen and oxygen atoms in total. The average Bonchev–Trinajstić information content (AvgIpc) is 2.68. The summed E-state index contributed by atoms with van der Waals surface area (Å²) in [6.07, 6.45) is 5.33. The number of nitrogens with zero attached hydrogens (tertiary/aromatic N) is 3. The van der Waals surface area contributed by atoms with Crippen LogP contribution in [0.25, 0.3) is 11.4 Å². The molecule has 0 spiro atoms. The van der Waals surface area contributed by atoms with Crippen LogP contribution in [-0.2, 0) is 6.54 Å². The lowest BCUT2D eigenvalue weighted by atomic mass is 10.2. The molecule has 0 aromatic carbocycles. The molecule has 0 saturated heterocycles. The minimum atomic E-state index is 0.591. The second-order valence-electron chi connectivity index (χ2n) is 3.23. The first-order valence-electron chi connectivity index (χ1n) is 4.74. The van der Waals surface area contributed by atoms with Gasteiger partial charge in [0.05, 0.1) is 12.0 Å². The number of hydrogen-bond donors (Lipinski definition) is 2. The highest BCUT2D eigenvalue weighted by Crippen LogP contribution is 2.20. The van der Waals surface area contributed by atoms with Crippen LogP contribution >= 0.6 is 0 Å². The largest absolute Gasteiger partial charge is 0.397 e. The lowest BCUT2D eigenvalue weighted by molar-refractivity contribution is 0.708. The molecule has 2 aromatic rings. The molecular formula is C10H13N5. The minimum absolute atomic E-state index is 0.591. The van der Waals surface area contributed by atoms with Crippen molar-refractivity contribution in [3.8, 4) is 11.4 Å². The number of aromatic nitrogens is 3. The summed E-state index contributed by atoms with van der Waals surface area (Å²) in [7, 11) is 0. The Morgan fingerprint density at radius 1 is 1.33 bits per heavy atom. The fraction of sp³-hybridized carbons (Fsp3) is 0.200. The van der Waals surface area contributed by atoms with Crippen LogP contribution in [0, 0.1) is 0 Å². The van der Waals surface area contributed by atoms with E-state index in [-0.39, 0.29) is 0 Å². The molecule has 0 radical (unpaired) electrons. The van der Waals surface area contributed by atoms with E-state index in [0.29, 0.717) is 17.9 Å². The molecular weight excluding hydrogens is 190 g/mol. The molecule has 2 rings (SSSR count). The second kappa shape index (κ2) is 4.10. The maximum absolute atomic E-state index is 5.80. The van der Waals surface area contributed by atoms with E-state index in [0.717, 1.165) is 12.2 Å². The van der Waals surface area contributed by atoms with Crippen LogP contribution in [0.2, 0.25) is 0 Å². The van der Waals surface area contributed by atoms with Crippen molar-refractivity contribution < 1.29 is 0 Å². The fourth-order valence-electron chi connectivity index (χ4n) is 1.39. The molecule has 15 heavy (non-hydrogen) atoms. The van der Waals surface area contributed by atoms with E-state index >= 15 is 0 Å². The smallest absolute Gasteiger partial charge is 0.113 e. The van der Waals surface area contributed by atoms with Crippen LogP contribution < -0.4 is 11.5 Å². The molecule has 0 bridgehead atoms. The van der Waals surface area contributed by atoms with Crippen molar-refractivity contribution >= 4 is 5.69 Å². The number of hydrogen-bond acceptors (Lipinski definition) is 4. The normalized spacial score (nSPS) is 10.5. The molecule has 5 heteroatoms. The first-order valence-corrected chi connectivity index (χ1v) is 4.74. The van der Waals surface area contributed by atoms with E-state index in [1.807, 2.05) is 16.8 Å². The highest BCUT2D eigenvalue weighted by Gasteiger charge is 2.06. The number of anilines is 1. The SMILES string of the molecule is NCCn1cnc(-c2ncccc2N)c1. The Morgan fingerprint density at radius 2 is 2.20 bits per heavy atom. The van der Waals surface area contributed by atoms with Crippen LogP contribution in [0.5, 0.6) is 0 Å². The molecule has 2 heterocycles. The van der Waals surface area contributed by atoms with Gasteiger partial charge in [0.2, 0.25) is 0 Å². The summed E-state index contributed by atoms with van der Waals surface area (Å²) in [4.78, 5) is 8.42. The first kappa shape index (κ1) is 9.67. The molecule has 0 saturated carbocycles. The van der Waals surface area contributed by atoms with Gasteiger partial charge >= 0.3 is 0 Å². The maximum atomic E-state index is 5.80. The Balaban J connectivity index is 2.33. The van der Waals surface area contributed by atoms with E-state index in [9.17, 15) is 0 Å². The van der Waals surface area contributed by atoms with Gasteiger partial charge in [-0.1, -0.05) is 0 Å². The number of pyridine rings is 1. The van der Waals surface area contributed by atoms with Crippen LogP contribution in [0.4, 0.5) is 5.69 Å². The third kappa shape index (κ3) is 1.97. The molecule has 0 amide bonds. The highest BCUT2D eigenvalue weighted by molar-refractivity contribution is 5.68. The topological polar surface area (TPSA) is 82.8 Å². The average molecular weight is 203 g/mol. The minimum Gasteiger partial charge on any atom is -0.397 e. The van der Waals surface area contributed by atoms with Gasteiger partial charge in [0.1, 0.15) is 11.4 Å². The highest BCUT2D eigenvalue weighted by atomic mass is 15.0. The third-order valence-corrected chi connectivity index (χ3v) is 2.10.